The maximum Gasteiger partial charge on any atom is 0.246 e. The lowest BCUT2D eigenvalue weighted by atomic mass is 10.1. The van der Waals surface area contributed by atoms with Crippen molar-refractivity contribution in [2.24, 2.45) is 0 Å². The molecule has 0 atom stereocenters. The number of hydrogen-bond acceptors (Lipinski definition) is 4. The molecule has 0 saturated carbocycles. The molecule has 0 N–H and O–H groups in total. The van der Waals surface area contributed by atoms with E-state index in [1.54, 1.807) is 6.08 Å². The number of carbonyl (C=O) groups excluding carboxylic acids is 1. The van der Waals surface area contributed by atoms with E-state index in [2.05, 4.69) is 13.0 Å². The second-order valence-electron chi connectivity index (χ2n) is 5.46. The van der Waals surface area contributed by atoms with Gasteiger partial charge in [-0.2, -0.15) is 0 Å². The van der Waals surface area contributed by atoms with Crippen molar-refractivity contribution >= 4 is 12.0 Å². The fourth-order valence-corrected chi connectivity index (χ4v) is 2.55. The molecule has 0 spiro atoms. The van der Waals surface area contributed by atoms with Crippen LogP contribution in [-0.2, 0) is 9.53 Å². The first-order valence-corrected chi connectivity index (χ1v) is 7.91. The first-order valence-electron chi connectivity index (χ1n) is 7.91. The summed E-state index contributed by atoms with van der Waals surface area (Å²) in [6.45, 7) is 4.91. The lowest BCUT2D eigenvalue weighted by Crippen LogP contribution is -2.39. The molecule has 0 unspecified atom stereocenters. The number of nitrogens with zero attached hydrogens (tertiary/aromatic N) is 1. The van der Waals surface area contributed by atoms with Crippen LogP contribution in [0.15, 0.2) is 35.9 Å². The first-order chi connectivity index (χ1) is 11.3. The Morgan fingerprint density at radius 2 is 1.96 bits per heavy atom. The zero-order valence-electron chi connectivity index (χ0n) is 13.3. The van der Waals surface area contributed by atoms with Crippen molar-refractivity contribution in [2.75, 3.05) is 33.1 Å². The minimum absolute atomic E-state index is 0.0401. The van der Waals surface area contributed by atoms with E-state index >= 15 is 0 Å². The second kappa shape index (κ2) is 7.33. The highest BCUT2D eigenvalue weighted by Gasteiger charge is 2.14. The molecule has 1 amide bonds. The van der Waals surface area contributed by atoms with E-state index in [1.807, 2.05) is 29.2 Å². The predicted molar refractivity (Wildman–Crippen MR) is 87.4 cm³/mol. The molecule has 23 heavy (non-hydrogen) atoms. The largest absolute Gasteiger partial charge is 0.454 e. The summed E-state index contributed by atoms with van der Waals surface area (Å²) in [6.07, 6.45) is 6.45. The molecule has 0 aromatic heterocycles. The summed E-state index contributed by atoms with van der Waals surface area (Å²) in [5.41, 5.74) is 2.13. The molecule has 2 aliphatic heterocycles. The van der Waals surface area contributed by atoms with Crippen LogP contribution in [0.4, 0.5) is 0 Å². The summed E-state index contributed by atoms with van der Waals surface area (Å²) < 4.78 is 16.0. The van der Waals surface area contributed by atoms with Crippen molar-refractivity contribution < 1.29 is 19.0 Å². The molecular weight excluding hydrogens is 294 g/mol. The van der Waals surface area contributed by atoms with Gasteiger partial charge in [-0.15, -0.1) is 0 Å². The van der Waals surface area contributed by atoms with Crippen molar-refractivity contribution in [2.45, 2.75) is 13.3 Å². The Bertz CT molecular complexity index is 630. The van der Waals surface area contributed by atoms with Gasteiger partial charge in [-0.3, -0.25) is 4.79 Å². The number of hydrogen-bond donors (Lipinski definition) is 0. The number of carbonyl (C=O) groups is 1. The normalized spacial score (nSPS) is 17.8. The Morgan fingerprint density at radius 1 is 1.17 bits per heavy atom. The van der Waals surface area contributed by atoms with Gasteiger partial charge in [-0.05, 0) is 29.7 Å². The molecular formula is C18H21NO4. The van der Waals surface area contributed by atoms with Crippen molar-refractivity contribution in [3.8, 4) is 11.5 Å². The van der Waals surface area contributed by atoms with Crippen LogP contribution >= 0.6 is 0 Å². The summed E-state index contributed by atoms with van der Waals surface area (Å²) in [5, 5.41) is 0. The second-order valence-corrected chi connectivity index (χ2v) is 5.46. The van der Waals surface area contributed by atoms with E-state index in [-0.39, 0.29) is 12.7 Å². The van der Waals surface area contributed by atoms with Gasteiger partial charge in [0.2, 0.25) is 12.7 Å². The number of benzene rings is 1. The van der Waals surface area contributed by atoms with Gasteiger partial charge in [-0.25, -0.2) is 0 Å². The molecule has 0 aliphatic carbocycles. The maximum absolute atomic E-state index is 12.1. The fourth-order valence-electron chi connectivity index (χ4n) is 2.55. The Balaban J connectivity index is 1.69. The van der Waals surface area contributed by atoms with Crippen molar-refractivity contribution in [1.29, 1.82) is 0 Å². The Hall–Kier alpha value is -2.27. The van der Waals surface area contributed by atoms with Gasteiger partial charge in [0.15, 0.2) is 11.5 Å². The van der Waals surface area contributed by atoms with Gasteiger partial charge in [0.05, 0.1) is 13.2 Å². The average Bonchev–Trinajstić information content (AvgIpc) is 3.06. The van der Waals surface area contributed by atoms with E-state index in [0.29, 0.717) is 26.3 Å². The van der Waals surface area contributed by atoms with Gasteiger partial charge in [0, 0.05) is 19.2 Å². The molecule has 1 aromatic carbocycles. The predicted octanol–water partition coefficient (Wildman–Crippen LogP) is 2.62. The number of fused-ring (bicyclic) bond motifs is 1. The molecule has 1 aromatic rings. The molecule has 1 fully saturated rings. The molecule has 3 rings (SSSR count). The summed E-state index contributed by atoms with van der Waals surface area (Å²) in [6, 6.07) is 5.85. The SMILES string of the molecule is CCC(C=CC(=O)N1CCOCC1)=Cc1ccc2c(c1)OCO2. The zero-order chi connectivity index (χ0) is 16.1. The summed E-state index contributed by atoms with van der Waals surface area (Å²) >= 11 is 0. The van der Waals surface area contributed by atoms with Gasteiger partial charge in [-0.1, -0.05) is 25.1 Å². The van der Waals surface area contributed by atoms with Crippen molar-refractivity contribution in [1.82, 2.24) is 4.90 Å². The average molecular weight is 315 g/mol. The number of allylic oxidation sites excluding steroid dienone is 2. The van der Waals surface area contributed by atoms with Crippen LogP contribution in [0.1, 0.15) is 18.9 Å². The van der Waals surface area contributed by atoms with Crippen LogP contribution in [0, 0.1) is 0 Å². The summed E-state index contributed by atoms with van der Waals surface area (Å²) in [4.78, 5) is 14.0. The molecule has 0 radical (unpaired) electrons. The third-order valence-electron chi connectivity index (χ3n) is 3.92. The molecule has 122 valence electrons. The van der Waals surface area contributed by atoms with Crippen molar-refractivity contribution in [3.63, 3.8) is 0 Å². The fraction of sp³-hybridized carbons (Fsp3) is 0.389. The lowest BCUT2D eigenvalue weighted by molar-refractivity contribution is -0.129. The van der Waals surface area contributed by atoms with Gasteiger partial charge in [0.25, 0.3) is 0 Å². The van der Waals surface area contributed by atoms with E-state index in [4.69, 9.17) is 14.2 Å². The molecule has 5 heteroatoms. The summed E-state index contributed by atoms with van der Waals surface area (Å²) in [5.74, 6) is 1.58. The third kappa shape index (κ3) is 3.93. The van der Waals surface area contributed by atoms with Gasteiger partial charge < -0.3 is 19.1 Å². The number of morpholine rings is 1. The van der Waals surface area contributed by atoms with Crippen LogP contribution in [0.3, 0.4) is 0 Å². The maximum atomic E-state index is 12.1. The standard InChI is InChI=1S/C18H21NO4/c1-2-14(4-6-18(20)19-7-9-21-10-8-19)11-15-3-5-16-17(12-15)23-13-22-16/h3-6,11-12H,2,7-10,13H2,1H3. The molecule has 1 saturated heterocycles. The van der Waals surface area contributed by atoms with Gasteiger partial charge in [0.1, 0.15) is 0 Å². The molecule has 0 bridgehead atoms. The Labute approximate surface area is 136 Å². The lowest BCUT2D eigenvalue weighted by Gasteiger charge is -2.25. The quantitative estimate of drug-likeness (QED) is 0.633. The summed E-state index contributed by atoms with van der Waals surface area (Å²) in [7, 11) is 0. The molecule has 5 nitrogen and oxygen atoms in total. The topological polar surface area (TPSA) is 48.0 Å². The van der Waals surface area contributed by atoms with Crippen LogP contribution in [0.2, 0.25) is 0 Å². The van der Waals surface area contributed by atoms with Crippen LogP contribution in [0.25, 0.3) is 6.08 Å². The minimum Gasteiger partial charge on any atom is -0.454 e. The highest BCUT2D eigenvalue weighted by molar-refractivity contribution is 5.88. The van der Waals surface area contributed by atoms with E-state index in [0.717, 1.165) is 29.1 Å². The zero-order valence-corrected chi connectivity index (χ0v) is 13.3. The van der Waals surface area contributed by atoms with E-state index in [9.17, 15) is 4.79 Å². The first kappa shape index (κ1) is 15.6. The third-order valence-corrected chi connectivity index (χ3v) is 3.92. The number of ether oxygens (including phenoxy) is 3. The van der Waals surface area contributed by atoms with E-state index < -0.39 is 0 Å². The number of rotatable bonds is 4. The Kier molecular flexibility index (Phi) is 4.98. The highest BCUT2D eigenvalue weighted by Crippen LogP contribution is 2.33. The number of amides is 1. The highest BCUT2D eigenvalue weighted by atomic mass is 16.7. The Morgan fingerprint density at radius 3 is 2.74 bits per heavy atom. The van der Waals surface area contributed by atoms with Crippen LogP contribution < -0.4 is 9.47 Å². The van der Waals surface area contributed by atoms with Gasteiger partial charge >= 0.3 is 0 Å². The van der Waals surface area contributed by atoms with E-state index in [1.165, 1.54) is 0 Å². The minimum atomic E-state index is 0.0401. The molecule has 2 heterocycles. The monoisotopic (exact) mass is 315 g/mol. The van der Waals surface area contributed by atoms with Crippen molar-refractivity contribution in [3.05, 3.63) is 41.5 Å². The molecule has 2 aliphatic rings. The smallest absolute Gasteiger partial charge is 0.246 e. The van der Waals surface area contributed by atoms with Crippen LogP contribution in [0.5, 0.6) is 11.5 Å². The van der Waals surface area contributed by atoms with Crippen LogP contribution in [-0.4, -0.2) is 43.9 Å².